The molecule has 1 atom stereocenters. The van der Waals surface area contributed by atoms with Crippen LogP contribution in [0.1, 0.15) is 36.7 Å². The molecule has 4 aromatic rings. The van der Waals surface area contributed by atoms with E-state index in [0.717, 1.165) is 22.6 Å². The van der Waals surface area contributed by atoms with E-state index in [0.29, 0.717) is 38.8 Å². The van der Waals surface area contributed by atoms with Crippen LogP contribution in [-0.2, 0) is 16.1 Å². The standard InChI is InChI=1S/C31H34ClN5O4S2/c1-7-31(4,29(39)36-24-13-12-23(40-5)15-26(24)41-6)37(28(38)18-43-30-33-19(2)14-20(3)34-30)16-27-35-25(17-42-27)21-8-10-22(32)11-9-21/h8-15,17H,7,16,18H2,1-6H3,(H,36,39). The lowest BCUT2D eigenvalue weighted by Gasteiger charge is -2.39. The predicted molar refractivity (Wildman–Crippen MR) is 172 cm³/mol. The fraction of sp³-hybridized carbons (Fsp3) is 0.323. The number of aromatic nitrogens is 3. The molecule has 0 aliphatic heterocycles. The minimum Gasteiger partial charge on any atom is -0.497 e. The molecule has 9 nitrogen and oxygen atoms in total. The van der Waals surface area contributed by atoms with Crippen LogP contribution in [0.2, 0.25) is 5.02 Å². The van der Waals surface area contributed by atoms with Crippen molar-refractivity contribution < 1.29 is 19.1 Å². The van der Waals surface area contributed by atoms with Gasteiger partial charge in [-0.2, -0.15) is 0 Å². The monoisotopic (exact) mass is 639 g/mol. The number of nitrogens with one attached hydrogen (secondary N) is 1. The number of halogens is 1. The summed E-state index contributed by atoms with van der Waals surface area (Å²) < 4.78 is 10.8. The number of rotatable bonds is 12. The second kappa shape index (κ2) is 14.2. The molecular formula is C31H34ClN5O4S2. The van der Waals surface area contributed by atoms with Gasteiger partial charge in [0, 0.05) is 33.4 Å². The Hall–Kier alpha value is -3.67. The van der Waals surface area contributed by atoms with Crippen molar-refractivity contribution in [1.82, 2.24) is 19.9 Å². The number of methoxy groups -OCH3 is 2. The van der Waals surface area contributed by atoms with Gasteiger partial charge in [0.25, 0.3) is 0 Å². The molecular weight excluding hydrogens is 606 g/mol. The second-order valence-electron chi connectivity index (χ2n) is 9.98. The van der Waals surface area contributed by atoms with Crippen molar-refractivity contribution in [3.8, 4) is 22.8 Å². The number of carbonyl (C=O) groups is 2. The van der Waals surface area contributed by atoms with Gasteiger partial charge < -0.3 is 19.7 Å². The SMILES string of the molecule is CCC(C)(C(=O)Nc1ccc(OC)cc1OC)N(Cc1nc(-c2ccc(Cl)cc2)cs1)C(=O)CSc1nc(C)cc(C)n1. The summed E-state index contributed by atoms with van der Waals surface area (Å²) >= 11 is 8.74. The van der Waals surface area contributed by atoms with Crippen LogP contribution in [0.25, 0.3) is 11.3 Å². The summed E-state index contributed by atoms with van der Waals surface area (Å²) in [6, 6.07) is 14.4. The van der Waals surface area contributed by atoms with Crippen LogP contribution in [0.3, 0.4) is 0 Å². The molecule has 0 bridgehead atoms. The average molecular weight is 640 g/mol. The van der Waals surface area contributed by atoms with Gasteiger partial charge in [-0.25, -0.2) is 15.0 Å². The molecule has 0 saturated carbocycles. The van der Waals surface area contributed by atoms with Gasteiger partial charge in [0.2, 0.25) is 11.8 Å². The summed E-state index contributed by atoms with van der Waals surface area (Å²) in [5, 5.41) is 6.75. The average Bonchev–Trinajstić information content (AvgIpc) is 3.47. The normalized spacial score (nSPS) is 12.3. The molecule has 0 saturated heterocycles. The zero-order chi connectivity index (χ0) is 31.1. The van der Waals surface area contributed by atoms with E-state index in [4.69, 9.17) is 26.1 Å². The first-order valence-corrected chi connectivity index (χ1v) is 15.8. The van der Waals surface area contributed by atoms with Gasteiger partial charge in [-0.3, -0.25) is 9.59 Å². The van der Waals surface area contributed by atoms with Gasteiger partial charge >= 0.3 is 0 Å². The fourth-order valence-corrected chi connectivity index (χ4v) is 6.15. The maximum atomic E-state index is 14.0. The Morgan fingerprint density at radius 3 is 2.35 bits per heavy atom. The Bertz CT molecular complexity index is 1580. The number of hydrogen-bond acceptors (Lipinski definition) is 9. The predicted octanol–water partition coefficient (Wildman–Crippen LogP) is 6.82. The number of aryl methyl sites for hydroxylation is 2. The molecule has 226 valence electrons. The Balaban J connectivity index is 1.64. The molecule has 43 heavy (non-hydrogen) atoms. The van der Waals surface area contributed by atoms with Gasteiger partial charge in [-0.05, 0) is 57.5 Å². The van der Waals surface area contributed by atoms with Crippen LogP contribution in [0.5, 0.6) is 11.5 Å². The number of thioether (sulfide) groups is 1. The summed E-state index contributed by atoms with van der Waals surface area (Å²) in [4.78, 5) is 43.3. The molecule has 1 unspecified atom stereocenters. The largest absolute Gasteiger partial charge is 0.497 e. The van der Waals surface area contributed by atoms with Crippen LogP contribution in [0.4, 0.5) is 5.69 Å². The van der Waals surface area contributed by atoms with Crippen molar-refractivity contribution in [1.29, 1.82) is 0 Å². The number of carbonyl (C=O) groups excluding carboxylic acids is 2. The van der Waals surface area contributed by atoms with Gasteiger partial charge in [0.1, 0.15) is 22.0 Å². The highest BCUT2D eigenvalue weighted by molar-refractivity contribution is 7.99. The minimum absolute atomic E-state index is 0.0486. The highest BCUT2D eigenvalue weighted by atomic mass is 35.5. The van der Waals surface area contributed by atoms with E-state index in [-0.39, 0.29) is 24.1 Å². The van der Waals surface area contributed by atoms with Crippen molar-refractivity contribution in [2.75, 3.05) is 25.3 Å². The Morgan fingerprint density at radius 2 is 1.72 bits per heavy atom. The van der Waals surface area contributed by atoms with Gasteiger partial charge in [0.05, 0.1) is 37.9 Å². The Labute approximate surface area is 265 Å². The number of nitrogens with zero attached hydrogens (tertiary/aromatic N) is 4. The number of anilines is 1. The molecule has 2 heterocycles. The molecule has 0 radical (unpaired) electrons. The molecule has 2 aromatic heterocycles. The van der Waals surface area contributed by atoms with Crippen LogP contribution in [0.15, 0.2) is 59.1 Å². The van der Waals surface area contributed by atoms with E-state index < -0.39 is 5.54 Å². The van der Waals surface area contributed by atoms with Crippen LogP contribution in [0, 0.1) is 13.8 Å². The highest BCUT2D eigenvalue weighted by Gasteiger charge is 2.41. The Kier molecular flexibility index (Phi) is 10.6. The van der Waals surface area contributed by atoms with Crippen LogP contribution in [-0.4, -0.2) is 57.2 Å². The lowest BCUT2D eigenvalue weighted by molar-refractivity contribution is -0.143. The minimum atomic E-state index is -1.22. The van der Waals surface area contributed by atoms with Gasteiger partial charge in [0.15, 0.2) is 5.16 Å². The van der Waals surface area contributed by atoms with Crippen LogP contribution >= 0.6 is 34.7 Å². The number of ether oxygens (including phenoxy) is 2. The smallest absolute Gasteiger partial charge is 0.250 e. The lowest BCUT2D eigenvalue weighted by Crippen LogP contribution is -2.57. The quantitative estimate of drug-likeness (QED) is 0.133. The highest BCUT2D eigenvalue weighted by Crippen LogP contribution is 2.33. The molecule has 2 aromatic carbocycles. The molecule has 4 rings (SSSR count). The summed E-state index contributed by atoms with van der Waals surface area (Å²) in [6.07, 6.45) is 0.350. The third kappa shape index (κ3) is 7.84. The van der Waals surface area contributed by atoms with Crippen molar-refractivity contribution in [3.63, 3.8) is 0 Å². The number of amides is 2. The fourth-order valence-electron chi connectivity index (χ4n) is 4.40. The topological polar surface area (TPSA) is 107 Å². The van der Waals surface area contributed by atoms with E-state index in [1.54, 1.807) is 37.1 Å². The molecule has 1 N–H and O–H groups in total. The van der Waals surface area contributed by atoms with Crippen molar-refractivity contribution >= 4 is 52.2 Å². The molecule has 12 heteroatoms. The zero-order valence-corrected chi connectivity index (χ0v) is 27.3. The van der Waals surface area contributed by atoms with E-state index in [9.17, 15) is 9.59 Å². The number of thiazole rings is 1. The van der Waals surface area contributed by atoms with Gasteiger partial charge in [-0.15, -0.1) is 11.3 Å². The van der Waals surface area contributed by atoms with E-state index in [1.165, 1.54) is 30.2 Å². The van der Waals surface area contributed by atoms with Gasteiger partial charge in [-0.1, -0.05) is 42.4 Å². The van der Waals surface area contributed by atoms with Crippen molar-refractivity contribution in [3.05, 3.63) is 75.3 Å². The first kappa shape index (κ1) is 32.2. The molecule has 0 aliphatic rings. The Morgan fingerprint density at radius 1 is 1.02 bits per heavy atom. The molecule has 2 amide bonds. The zero-order valence-electron chi connectivity index (χ0n) is 24.9. The maximum Gasteiger partial charge on any atom is 0.250 e. The summed E-state index contributed by atoms with van der Waals surface area (Å²) in [6.45, 7) is 7.57. The first-order valence-electron chi connectivity index (χ1n) is 13.6. The molecule has 0 aliphatic carbocycles. The second-order valence-corrected chi connectivity index (χ2v) is 12.3. The number of hydrogen-bond donors (Lipinski definition) is 1. The number of benzene rings is 2. The summed E-state index contributed by atoms with van der Waals surface area (Å²) in [5.74, 6) is 0.494. The van der Waals surface area contributed by atoms with E-state index in [2.05, 4.69) is 15.3 Å². The van der Waals surface area contributed by atoms with E-state index >= 15 is 0 Å². The first-order chi connectivity index (χ1) is 20.6. The summed E-state index contributed by atoms with van der Waals surface area (Å²) in [7, 11) is 3.08. The maximum absolute atomic E-state index is 14.0. The van der Waals surface area contributed by atoms with E-state index in [1.807, 2.05) is 56.5 Å². The molecule has 0 spiro atoms. The lowest BCUT2D eigenvalue weighted by atomic mass is 9.94. The van der Waals surface area contributed by atoms with Crippen molar-refractivity contribution in [2.45, 2.75) is 51.4 Å². The van der Waals surface area contributed by atoms with Crippen LogP contribution < -0.4 is 14.8 Å². The summed E-state index contributed by atoms with van der Waals surface area (Å²) in [5.41, 5.74) is 2.57. The van der Waals surface area contributed by atoms with Crippen molar-refractivity contribution in [2.24, 2.45) is 0 Å². The third-order valence-electron chi connectivity index (χ3n) is 7.00. The molecule has 0 fully saturated rings. The third-order valence-corrected chi connectivity index (χ3v) is 8.92.